The van der Waals surface area contributed by atoms with Crippen LogP contribution in [0.1, 0.15) is 23.7 Å². The van der Waals surface area contributed by atoms with Crippen molar-refractivity contribution in [2.75, 3.05) is 6.54 Å². The molecule has 1 unspecified atom stereocenters. The van der Waals surface area contributed by atoms with E-state index in [2.05, 4.69) is 0 Å². The Morgan fingerprint density at radius 2 is 2.07 bits per heavy atom. The Kier molecular flexibility index (Phi) is 3.80. The van der Waals surface area contributed by atoms with E-state index < -0.39 is 12.5 Å². The third-order valence-electron chi connectivity index (χ3n) is 1.89. The molecule has 1 atom stereocenters. The lowest BCUT2D eigenvalue weighted by atomic mass is 10.0. The van der Waals surface area contributed by atoms with Crippen LogP contribution in [0.3, 0.4) is 0 Å². The van der Waals surface area contributed by atoms with Gasteiger partial charge in [-0.2, -0.15) is 0 Å². The summed E-state index contributed by atoms with van der Waals surface area (Å²) >= 11 is 5.59. The highest BCUT2D eigenvalue weighted by molar-refractivity contribution is 6.31. The van der Waals surface area contributed by atoms with E-state index >= 15 is 0 Å². The molecule has 0 bridgehead atoms. The van der Waals surface area contributed by atoms with E-state index in [1.165, 1.54) is 18.2 Å². The quantitative estimate of drug-likeness (QED) is 0.823. The summed E-state index contributed by atoms with van der Waals surface area (Å²) in [7, 11) is 0. The number of aliphatic hydroxyl groups excluding tert-OH is 1. The average Bonchev–Trinajstić information content (AvgIpc) is 2.15. The van der Waals surface area contributed by atoms with Crippen LogP contribution in [0, 0.1) is 0 Å². The van der Waals surface area contributed by atoms with Crippen molar-refractivity contribution in [3.63, 3.8) is 0 Å². The van der Waals surface area contributed by atoms with Crippen LogP contribution in [-0.4, -0.2) is 11.7 Å². The molecule has 0 aliphatic rings. The van der Waals surface area contributed by atoms with Crippen LogP contribution >= 0.6 is 11.6 Å². The van der Waals surface area contributed by atoms with Crippen LogP contribution in [0.4, 0.5) is 8.78 Å². The maximum atomic E-state index is 12.5. The van der Waals surface area contributed by atoms with Gasteiger partial charge in [-0.1, -0.05) is 23.7 Å². The molecule has 0 spiro atoms. The minimum atomic E-state index is -2.71. The number of halogens is 3. The van der Waals surface area contributed by atoms with Crippen LogP contribution in [0.25, 0.3) is 0 Å². The van der Waals surface area contributed by atoms with E-state index in [9.17, 15) is 13.9 Å². The van der Waals surface area contributed by atoms with E-state index in [4.69, 9.17) is 17.3 Å². The summed E-state index contributed by atoms with van der Waals surface area (Å²) in [6, 6.07) is 4.25. The Balaban J connectivity index is 3.21. The standard InChI is InChI=1S/C9H10ClF2NO/c10-6-3-1-2-5(7(14)4-13)8(6)9(11)12/h1-3,7,9,14H,4,13H2. The van der Waals surface area contributed by atoms with E-state index in [1.807, 2.05) is 0 Å². The molecule has 2 nitrogen and oxygen atoms in total. The Labute approximate surface area is 85.3 Å². The maximum Gasteiger partial charge on any atom is 0.265 e. The highest BCUT2D eigenvalue weighted by Crippen LogP contribution is 2.33. The van der Waals surface area contributed by atoms with Crippen LogP contribution in [0.5, 0.6) is 0 Å². The summed E-state index contributed by atoms with van der Waals surface area (Å²) in [6.07, 6.45) is -3.81. The molecule has 1 aromatic rings. The Morgan fingerprint density at radius 1 is 1.43 bits per heavy atom. The highest BCUT2D eigenvalue weighted by Gasteiger charge is 2.20. The highest BCUT2D eigenvalue weighted by atomic mass is 35.5. The molecule has 0 aromatic heterocycles. The number of benzene rings is 1. The smallest absolute Gasteiger partial charge is 0.265 e. The molecule has 1 aromatic carbocycles. The van der Waals surface area contributed by atoms with Crippen molar-refractivity contribution in [1.29, 1.82) is 0 Å². The fraction of sp³-hybridized carbons (Fsp3) is 0.333. The SMILES string of the molecule is NCC(O)c1cccc(Cl)c1C(F)F. The first-order valence-corrected chi connectivity index (χ1v) is 4.40. The van der Waals surface area contributed by atoms with Gasteiger partial charge in [-0.25, -0.2) is 8.78 Å². The molecular weight excluding hydrogens is 212 g/mol. The fourth-order valence-corrected chi connectivity index (χ4v) is 1.47. The molecule has 78 valence electrons. The average molecular weight is 222 g/mol. The third-order valence-corrected chi connectivity index (χ3v) is 2.22. The second-order valence-corrected chi connectivity index (χ2v) is 3.20. The number of hydrogen-bond donors (Lipinski definition) is 2. The molecule has 14 heavy (non-hydrogen) atoms. The van der Waals surface area contributed by atoms with Gasteiger partial charge in [0.2, 0.25) is 0 Å². The van der Waals surface area contributed by atoms with Crippen LogP contribution in [0.15, 0.2) is 18.2 Å². The Hall–Kier alpha value is -0.710. The zero-order valence-corrected chi connectivity index (χ0v) is 8.01. The molecule has 0 radical (unpaired) electrons. The molecule has 1 rings (SSSR count). The third kappa shape index (κ3) is 2.20. The lowest BCUT2D eigenvalue weighted by molar-refractivity contribution is 0.138. The number of hydrogen-bond acceptors (Lipinski definition) is 2. The van der Waals surface area contributed by atoms with Crippen molar-refractivity contribution in [2.45, 2.75) is 12.5 Å². The molecular formula is C9H10ClF2NO. The number of rotatable bonds is 3. The first-order valence-electron chi connectivity index (χ1n) is 4.02. The normalized spacial score (nSPS) is 13.3. The number of alkyl halides is 2. The van der Waals surface area contributed by atoms with Gasteiger partial charge >= 0.3 is 0 Å². The Morgan fingerprint density at radius 3 is 2.57 bits per heavy atom. The molecule has 0 fully saturated rings. The largest absolute Gasteiger partial charge is 0.387 e. The summed E-state index contributed by atoms with van der Waals surface area (Å²) < 4.78 is 25.1. The van der Waals surface area contributed by atoms with Crippen molar-refractivity contribution in [1.82, 2.24) is 0 Å². The zero-order chi connectivity index (χ0) is 10.7. The van der Waals surface area contributed by atoms with Crippen molar-refractivity contribution in [3.05, 3.63) is 34.3 Å². The summed E-state index contributed by atoms with van der Waals surface area (Å²) in [5.41, 5.74) is 4.94. The van der Waals surface area contributed by atoms with Crippen LogP contribution in [-0.2, 0) is 0 Å². The van der Waals surface area contributed by atoms with E-state index in [1.54, 1.807) is 0 Å². The molecule has 3 N–H and O–H groups in total. The summed E-state index contributed by atoms with van der Waals surface area (Å²) in [6.45, 7) is -0.111. The molecule has 0 aliphatic heterocycles. The first-order chi connectivity index (χ1) is 6.57. The van der Waals surface area contributed by atoms with Gasteiger partial charge in [-0.15, -0.1) is 0 Å². The van der Waals surface area contributed by atoms with Gasteiger partial charge in [0.1, 0.15) is 0 Å². The summed E-state index contributed by atoms with van der Waals surface area (Å²) in [5.74, 6) is 0. The summed E-state index contributed by atoms with van der Waals surface area (Å²) in [5, 5.41) is 9.32. The summed E-state index contributed by atoms with van der Waals surface area (Å²) in [4.78, 5) is 0. The van der Waals surface area contributed by atoms with Gasteiger partial charge in [0.05, 0.1) is 6.10 Å². The first kappa shape index (κ1) is 11.4. The van der Waals surface area contributed by atoms with Gasteiger partial charge in [0.15, 0.2) is 0 Å². The van der Waals surface area contributed by atoms with Crippen molar-refractivity contribution < 1.29 is 13.9 Å². The van der Waals surface area contributed by atoms with Gasteiger partial charge in [-0.05, 0) is 11.6 Å². The predicted molar refractivity (Wildman–Crippen MR) is 50.4 cm³/mol. The lowest BCUT2D eigenvalue weighted by Gasteiger charge is -2.14. The van der Waals surface area contributed by atoms with Gasteiger partial charge < -0.3 is 10.8 Å². The van der Waals surface area contributed by atoms with Gasteiger partial charge in [-0.3, -0.25) is 0 Å². The van der Waals surface area contributed by atoms with E-state index in [0.717, 1.165) is 0 Å². The maximum absolute atomic E-state index is 12.5. The van der Waals surface area contributed by atoms with E-state index in [0.29, 0.717) is 0 Å². The second kappa shape index (κ2) is 4.68. The van der Waals surface area contributed by atoms with E-state index in [-0.39, 0.29) is 22.7 Å². The zero-order valence-electron chi connectivity index (χ0n) is 7.25. The fourth-order valence-electron chi connectivity index (χ4n) is 1.20. The minimum absolute atomic E-state index is 0.0509. The predicted octanol–water partition coefficient (Wildman–Crippen LogP) is 2.27. The molecule has 0 heterocycles. The number of nitrogens with two attached hydrogens (primary N) is 1. The van der Waals surface area contributed by atoms with Crippen molar-refractivity contribution in [2.24, 2.45) is 5.73 Å². The van der Waals surface area contributed by atoms with Gasteiger partial charge in [0.25, 0.3) is 6.43 Å². The topological polar surface area (TPSA) is 46.2 Å². The van der Waals surface area contributed by atoms with Crippen LogP contribution in [0.2, 0.25) is 5.02 Å². The monoisotopic (exact) mass is 221 g/mol. The minimum Gasteiger partial charge on any atom is -0.387 e. The molecule has 0 aliphatic carbocycles. The van der Waals surface area contributed by atoms with Crippen molar-refractivity contribution >= 4 is 11.6 Å². The molecule has 0 saturated carbocycles. The molecule has 0 saturated heterocycles. The number of aliphatic hydroxyl groups is 1. The second-order valence-electron chi connectivity index (χ2n) is 2.79. The van der Waals surface area contributed by atoms with Crippen molar-refractivity contribution in [3.8, 4) is 0 Å². The molecule has 5 heteroatoms. The lowest BCUT2D eigenvalue weighted by Crippen LogP contribution is -2.13. The Bertz CT molecular complexity index is 320. The molecule has 0 amide bonds. The van der Waals surface area contributed by atoms with Gasteiger partial charge in [0, 0.05) is 17.1 Å². The van der Waals surface area contributed by atoms with Crippen LogP contribution < -0.4 is 5.73 Å².